The molecule has 1 aromatic rings. The van der Waals surface area contributed by atoms with E-state index in [1.54, 1.807) is 19.1 Å². The van der Waals surface area contributed by atoms with Crippen molar-refractivity contribution in [2.24, 2.45) is 16.3 Å². The van der Waals surface area contributed by atoms with Crippen LogP contribution in [0.5, 0.6) is 11.5 Å². The van der Waals surface area contributed by atoms with E-state index in [2.05, 4.69) is 11.1 Å². The fourth-order valence-electron chi connectivity index (χ4n) is 4.41. The lowest BCUT2D eigenvalue weighted by molar-refractivity contribution is -0.118. The highest BCUT2D eigenvalue weighted by Crippen LogP contribution is 2.50. The van der Waals surface area contributed by atoms with Gasteiger partial charge in [0, 0.05) is 41.0 Å². The van der Waals surface area contributed by atoms with Crippen LogP contribution in [0.15, 0.2) is 28.4 Å². The molecule has 0 bridgehead atoms. The summed E-state index contributed by atoms with van der Waals surface area (Å²) >= 11 is 0. The van der Waals surface area contributed by atoms with E-state index in [-0.39, 0.29) is 16.8 Å². The number of ether oxygens (including phenoxy) is 3. The van der Waals surface area contributed by atoms with Crippen LogP contribution in [0.3, 0.4) is 0 Å². The number of benzene rings is 1. The first-order valence-electron chi connectivity index (χ1n) is 9.72. The van der Waals surface area contributed by atoms with Crippen molar-refractivity contribution in [3.05, 3.63) is 34.5 Å². The van der Waals surface area contributed by atoms with Gasteiger partial charge >= 0.3 is 5.97 Å². The molecule has 3 rings (SSSR count). The molecule has 1 unspecified atom stereocenters. The number of carbonyl (C=O) groups is 2. The van der Waals surface area contributed by atoms with Crippen LogP contribution in [0.25, 0.3) is 0 Å². The van der Waals surface area contributed by atoms with Crippen LogP contribution in [0.4, 0.5) is 0 Å². The minimum absolute atomic E-state index is 0.0589. The van der Waals surface area contributed by atoms with Crippen molar-refractivity contribution >= 4 is 17.5 Å². The summed E-state index contributed by atoms with van der Waals surface area (Å²) in [6.07, 6.45) is 0.965. The van der Waals surface area contributed by atoms with Gasteiger partial charge < -0.3 is 14.2 Å². The molecular weight excluding hydrogens is 384 g/mol. The Kier molecular flexibility index (Phi) is 5.71. The molecule has 1 aromatic carbocycles. The number of Topliss-reactive ketones (excluding diaryl/α,β-unsaturated/α-hetero) is 1. The molecule has 0 saturated heterocycles. The Hall–Kier alpha value is -3.14. The summed E-state index contributed by atoms with van der Waals surface area (Å²) in [5.74, 6) is -1.27. The van der Waals surface area contributed by atoms with Crippen molar-refractivity contribution in [3.63, 3.8) is 0 Å². The average molecular weight is 410 g/mol. The number of hydrogen-bond acceptors (Lipinski definition) is 7. The summed E-state index contributed by atoms with van der Waals surface area (Å²) in [6, 6.07) is 5.48. The normalized spacial score (nSPS) is 22.6. The topological polar surface area (TPSA) is 98.0 Å². The largest absolute Gasteiger partial charge is 0.497 e. The quantitative estimate of drug-likeness (QED) is 0.700. The van der Waals surface area contributed by atoms with E-state index in [9.17, 15) is 14.9 Å². The molecule has 2 aliphatic rings. The highest BCUT2D eigenvalue weighted by Gasteiger charge is 2.45. The molecule has 2 atom stereocenters. The molecule has 1 aliphatic heterocycles. The second-order valence-electron chi connectivity index (χ2n) is 8.42. The second kappa shape index (κ2) is 7.94. The molecule has 0 N–H and O–H groups in total. The average Bonchev–Trinajstić information content (AvgIpc) is 2.70. The smallest absolute Gasteiger partial charge is 0.338 e. The molecule has 1 aliphatic carbocycles. The summed E-state index contributed by atoms with van der Waals surface area (Å²) in [5, 5.41) is 9.98. The Balaban J connectivity index is 2.36. The molecular formula is C23H26N2O5. The summed E-state index contributed by atoms with van der Waals surface area (Å²) in [7, 11) is 4.25. The van der Waals surface area contributed by atoms with Gasteiger partial charge in [0.1, 0.15) is 11.5 Å². The molecule has 158 valence electrons. The maximum atomic E-state index is 13.3. The van der Waals surface area contributed by atoms with E-state index < -0.39 is 17.8 Å². The lowest BCUT2D eigenvalue weighted by atomic mass is 9.66. The van der Waals surface area contributed by atoms with Gasteiger partial charge in [0.25, 0.3) is 0 Å². The molecule has 0 saturated carbocycles. The van der Waals surface area contributed by atoms with Gasteiger partial charge in [0.05, 0.1) is 38.9 Å². The lowest BCUT2D eigenvalue weighted by Crippen LogP contribution is -2.36. The maximum Gasteiger partial charge on any atom is 0.338 e. The Labute approximate surface area is 176 Å². The fraction of sp³-hybridized carbons (Fsp3) is 0.478. The maximum absolute atomic E-state index is 13.3. The van der Waals surface area contributed by atoms with Crippen LogP contribution in [0.1, 0.15) is 55.5 Å². The van der Waals surface area contributed by atoms with E-state index in [0.29, 0.717) is 46.9 Å². The number of methoxy groups -OCH3 is 3. The van der Waals surface area contributed by atoms with Gasteiger partial charge in [-0.3, -0.25) is 9.79 Å². The Morgan fingerprint density at radius 2 is 1.90 bits per heavy atom. The molecule has 7 nitrogen and oxygen atoms in total. The Morgan fingerprint density at radius 1 is 1.20 bits per heavy atom. The first-order chi connectivity index (χ1) is 14.2. The summed E-state index contributed by atoms with van der Waals surface area (Å²) < 4.78 is 15.9. The zero-order valence-electron chi connectivity index (χ0n) is 18.2. The SMILES string of the molecule is COC(=O)c1cc(OC)cc(OC)c1[C@@H]1C2=C(CC(C)(C)CC2=O)N=C(C)C1C#N. The number of aliphatic imine (C=N–C) groups is 1. The lowest BCUT2D eigenvalue weighted by Gasteiger charge is -2.38. The molecule has 1 heterocycles. The third-order valence-electron chi connectivity index (χ3n) is 5.73. The van der Waals surface area contributed by atoms with Crippen LogP contribution in [0, 0.1) is 22.7 Å². The number of allylic oxidation sites excluding steroid dienone is 2. The van der Waals surface area contributed by atoms with Crippen molar-refractivity contribution < 1.29 is 23.8 Å². The number of nitrogens with zero attached hydrogens (tertiary/aromatic N) is 2. The number of ketones is 1. The number of nitriles is 1. The van der Waals surface area contributed by atoms with E-state index in [1.165, 1.54) is 21.3 Å². The third-order valence-corrected chi connectivity index (χ3v) is 5.73. The third kappa shape index (κ3) is 3.58. The van der Waals surface area contributed by atoms with Crippen LogP contribution in [-0.2, 0) is 9.53 Å². The monoisotopic (exact) mass is 410 g/mol. The first kappa shape index (κ1) is 21.6. The highest BCUT2D eigenvalue weighted by atomic mass is 16.5. The zero-order chi connectivity index (χ0) is 22.2. The van der Waals surface area contributed by atoms with Crippen molar-refractivity contribution in [2.45, 2.75) is 39.5 Å². The van der Waals surface area contributed by atoms with Crippen molar-refractivity contribution in [1.29, 1.82) is 5.26 Å². The van der Waals surface area contributed by atoms with Crippen molar-refractivity contribution in [3.8, 4) is 17.6 Å². The van der Waals surface area contributed by atoms with Crippen LogP contribution in [0.2, 0.25) is 0 Å². The van der Waals surface area contributed by atoms with E-state index in [4.69, 9.17) is 14.2 Å². The zero-order valence-corrected chi connectivity index (χ0v) is 18.2. The predicted octanol–water partition coefficient (Wildman–Crippen LogP) is 3.83. The van der Waals surface area contributed by atoms with Crippen LogP contribution < -0.4 is 9.47 Å². The van der Waals surface area contributed by atoms with Gasteiger partial charge in [-0.05, 0) is 24.8 Å². The number of esters is 1. The Morgan fingerprint density at radius 3 is 2.47 bits per heavy atom. The number of carbonyl (C=O) groups excluding carboxylic acids is 2. The predicted molar refractivity (Wildman–Crippen MR) is 111 cm³/mol. The molecule has 30 heavy (non-hydrogen) atoms. The summed E-state index contributed by atoms with van der Waals surface area (Å²) in [6.45, 7) is 5.84. The van der Waals surface area contributed by atoms with Gasteiger partial charge in [0.15, 0.2) is 5.78 Å². The first-order valence-corrected chi connectivity index (χ1v) is 9.72. The Bertz CT molecular complexity index is 1010. The highest BCUT2D eigenvalue weighted by molar-refractivity contribution is 6.04. The molecule has 0 spiro atoms. The van der Waals surface area contributed by atoms with Crippen molar-refractivity contribution in [1.82, 2.24) is 0 Å². The summed E-state index contributed by atoms with van der Waals surface area (Å²) in [5.41, 5.74) is 2.21. The number of hydrogen-bond donors (Lipinski definition) is 0. The van der Waals surface area contributed by atoms with Gasteiger partial charge in [-0.25, -0.2) is 4.79 Å². The number of rotatable bonds is 4. The van der Waals surface area contributed by atoms with Gasteiger partial charge in [-0.2, -0.15) is 5.26 Å². The second-order valence-corrected chi connectivity index (χ2v) is 8.42. The van der Waals surface area contributed by atoms with Crippen LogP contribution in [-0.4, -0.2) is 38.8 Å². The molecule has 0 radical (unpaired) electrons. The molecule has 0 amide bonds. The minimum Gasteiger partial charge on any atom is -0.497 e. The molecule has 0 aromatic heterocycles. The summed E-state index contributed by atoms with van der Waals surface area (Å²) in [4.78, 5) is 30.6. The van der Waals surface area contributed by atoms with Crippen LogP contribution >= 0.6 is 0 Å². The van der Waals surface area contributed by atoms with Gasteiger partial charge in [-0.15, -0.1) is 0 Å². The van der Waals surface area contributed by atoms with E-state index in [0.717, 1.165) is 0 Å². The van der Waals surface area contributed by atoms with Gasteiger partial charge in [-0.1, -0.05) is 13.8 Å². The molecule has 0 fully saturated rings. The standard InChI is InChI=1S/C23H26N2O5/c1-12-15(11-24)20(21-16(25-12)9-23(2,3)10-17(21)26)19-14(22(27)30-6)7-13(28-4)8-18(19)29-5/h7-8,15,20H,9-10H2,1-6H3/t15?,20-/m1/s1. The van der Waals surface area contributed by atoms with E-state index >= 15 is 0 Å². The fourth-order valence-corrected chi connectivity index (χ4v) is 4.41. The minimum atomic E-state index is -0.709. The van der Waals surface area contributed by atoms with Gasteiger partial charge in [0.2, 0.25) is 0 Å². The molecule has 7 heteroatoms. The van der Waals surface area contributed by atoms with E-state index in [1.807, 2.05) is 13.8 Å². The van der Waals surface area contributed by atoms with Crippen molar-refractivity contribution in [2.75, 3.05) is 21.3 Å².